The van der Waals surface area contributed by atoms with Crippen LogP contribution in [0.3, 0.4) is 0 Å². The highest BCUT2D eigenvalue weighted by molar-refractivity contribution is 7.22. The number of methoxy groups -OCH3 is 1. The first kappa shape index (κ1) is 26.8. The summed E-state index contributed by atoms with van der Waals surface area (Å²) in [4.78, 5) is 36.5. The van der Waals surface area contributed by atoms with Crippen LogP contribution < -0.4 is 15.6 Å². The molecule has 1 aliphatic rings. The molecule has 0 spiro atoms. The molecule has 1 aliphatic heterocycles. The van der Waals surface area contributed by atoms with E-state index in [9.17, 15) is 9.59 Å². The zero-order valence-electron chi connectivity index (χ0n) is 20.7. The summed E-state index contributed by atoms with van der Waals surface area (Å²) < 4.78 is 8.16. The molecule has 1 fully saturated rings. The maximum atomic E-state index is 13.7. The highest BCUT2D eigenvalue weighted by atomic mass is 32.1. The quantitative estimate of drug-likeness (QED) is 0.357. The molecule has 3 aromatic heterocycles. The van der Waals surface area contributed by atoms with Crippen molar-refractivity contribution in [2.24, 2.45) is 0 Å². The molecule has 196 valence electrons. The summed E-state index contributed by atoms with van der Waals surface area (Å²) in [6, 6.07) is 13.4. The molecule has 9 heteroatoms. The average molecular weight is 522 g/mol. The van der Waals surface area contributed by atoms with Crippen molar-refractivity contribution in [2.75, 3.05) is 53.4 Å². The lowest BCUT2D eigenvalue weighted by Crippen LogP contribution is -2.45. The number of hydrogen-bond donors (Lipinski definition) is 1. The summed E-state index contributed by atoms with van der Waals surface area (Å²) >= 11 is 1.32. The van der Waals surface area contributed by atoms with Crippen LogP contribution in [0.15, 0.2) is 53.5 Å². The first-order valence-electron chi connectivity index (χ1n) is 12.3. The number of piperazine rings is 1. The minimum atomic E-state index is -0.203. The van der Waals surface area contributed by atoms with E-state index < -0.39 is 0 Å². The SMILES string of the molecule is C.COc1c(C(=O)NCCCN2CCN(C)CC2)sc2c1c(=O)n(Cc1ccccn1)c1ccccc21. The van der Waals surface area contributed by atoms with Gasteiger partial charge in [-0.3, -0.25) is 14.6 Å². The van der Waals surface area contributed by atoms with Gasteiger partial charge < -0.3 is 24.4 Å². The Morgan fingerprint density at radius 3 is 2.59 bits per heavy atom. The van der Waals surface area contributed by atoms with Gasteiger partial charge in [-0.1, -0.05) is 31.7 Å². The summed E-state index contributed by atoms with van der Waals surface area (Å²) in [5.74, 6) is 0.142. The van der Waals surface area contributed by atoms with Gasteiger partial charge in [-0.2, -0.15) is 0 Å². The Labute approximate surface area is 221 Å². The molecule has 4 aromatic rings. The molecule has 1 amide bonds. The Balaban J connectivity index is 0.00000320. The van der Waals surface area contributed by atoms with Crippen LogP contribution in [-0.4, -0.2) is 78.7 Å². The highest BCUT2D eigenvalue weighted by Crippen LogP contribution is 2.39. The number of fused-ring (bicyclic) bond motifs is 3. The van der Waals surface area contributed by atoms with Gasteiger partial charge in [-0.05, 0) is 38.2 Å². The van der Waals surface area contributed by atoms with E-state index in [4.69, 9.17) is 4.74 Å². The summed E-state index contributed by atoms with van der Waals surface area (Å²) in [6.07, 6.45) is 2.60. The molecule has 0 bridgehead atoms. The molecule has 4 heterocycles. The van der Waals surface area contributed by atoms with Gasteiger partial charge in [0.05, 0.1) is 29.6 Å². The smallest absolute Gasteiger partial charge is 0.265 e. The van der Waals surface area contributed by atoms with Crippen LogP contribution in [0.2, 0.25) is 0 Å². The van der Waals surface area contributed by atoms with Gasteiger partial charge in [0.25, 0.3) is 11.5 Å². The van der Waals surface area contributed by atoms with Gasteiger partial charge >= 0.3 is 0 Å². The average Bonchev–Trinajstić information content (AvgIpc) is 3.31. The van der Waals surface area contributed by atoms with Crippen LogP contribution in [0.4, 0.5) is 0 Å². The minimum Gasteiger partial charge on any atom is -0.494 e. The summed E-state index contributed by atoms with van der Waals surface area (Å²) in [7, 11) is 3.66. The fraction of sp³-hybridized carbons (Fsp3) is 0.393. The number of amides is 1. The van der Waals surface area contributed by atoms with E-state index in [1.807, 2.05) is 42.5 Å². The second kappa shape index (κ2) is 11.9. The number of carbonyl (C=O) groups is 1. The summed E-state index contributed by atoms with van der Waals surface area (Å²) in [6.45, 7) is 6.16. The van der Waals surface area contributed by atoms with Gasteiger partial charge in [0.2, 0.25) is 0 Å². The van der Waals surface area contributed by atoms with E-state index in [2.05, 4.69) is 27.1 Å². The third kappa shape index (κ3) is 5.53. The largest absolute Gasteiger partial charge is 0.494 e. The number of nitrogens with zero attached hydrogens (tertiary/aromatic N) is 4. The van der Waals surface area contributed by atoms with Crippen molar-refractivity contribution in [3.05, 3.63) is 69.6 Å². The van der Waals surface area contributed by atoms with Gasteiger partial charge in [-0.25, -0.2) is 0 Å². The second-order valence-corrected chi connectivity index (χ2v) is 10.2. The molecule has 8 nitrogen and oxygen atoms in total. The molecule has 0 aliphatic carbocycles. The van der Waals surface area contributed by atoms with Crippen LogP contribution >= 0.6 is 11.3 Å². The second-order valence-electron chi connectivity index (χ2n) is 9.15. The van der Waals surface area contributed by atoms with Crippen molar-refractivity contribution in [1.82, 2.24) is 24.7 Å². The van der Waals surface area contributed by atoms with Gasteiger partial charge in [0.15, 0.2) is 5.75 Å². The standard InChI is InChI=1S/C27H31N5O3S.CH4/c1-30-14-16-31(17-15-30)13-7-12-29-26(33)25-23(35-2)22-24(36-25)20-9-3-4-10-21(20)32(27(22)34)18-19-8-5-6-11-28-19;/h3-6,8-11H,7,12-18H2,1-2H3,(H,29,33);1H4. The number of hydrogen-bond acceptors (Lipinski definition) is 7. The Kier molecular flexibility index (Phi) is 8.58. The topological polar surface area (TPSA) is 79.7 Å². The lowest BCUT2D eigenvalue weighted by atomic mass is 10.1. The van der Waals surface area contributed by atoms with Crippen molar-refractivity contribution >= 4 is 38.2 Å². The first-order chi connectivity index (χ1) is 17.6. The lowest BCUT2D eigenvalue weighted by molar-refractivity contribution is 0.0951. The lowest BCUT2D eigenvalue weighted by Gasteiger charge is -2.32. The third-order valence-electron chi connectivity index (χ3n) is 6.75. The van der Waals surface area contributed by atoms with E-state index in [1.165, 1.54) is 18.4 Å². The predicted molar refractivity (Wildman–Crippen MR) is 151 cm³/mol. The van der Waals surface area contributed by atoms with Crippen LogP contribution in [0, 0.1) is 0 Å². The molecule has 1 saturated heterocycles. The Bertz CT molecular complexity index is 1420. The monoisotopic (exact) mass is 521 g/mol. The Morgan fingerprint density at radius 2 is 1.86 bits per heavy atom. The van der Waals surface area contributed by atoms with Crippen molar-refractivity contribution < 1.29 is 9.53 Å². The maximum absolute atomic E-state index is 13.7. The van der Waals surface area contributed by atoms with Crippen LogP contribution in [0.1, 0.15) is 29.2 Å². The number of likely N-dealkylation sites (N-methyl/N-ethyl adjacent to an activating group) is 1. The van der Waals surface area contributed by atoms with Crippen molar-refractivity contribution in [2.45, 2.75) is 20.4 Å². The van der Waals surface area contributed by atoms with E-state index in [0.717, 1.165) is 60.4 Å². The third-order valence-corrected chi connectivity index (χ3v) is 7.96. The van der Waals surface area contributed by atoms with Crippen LogP contribution in [0.5, 0.6) is 5.75 Å². The first-order valence-corrected chi connectivity index (χ1v) is 13.1. The molecule has 1 N–H and O–H groups in total. The Hall–Kier alpha value is -3.27. The number of benzene rings is 1. The van der Waals surface area contributed by atoms with E-state index in [0.29, 0.717) is 29.1 Å². The number of rotatable bonds is 8. The molecule has 0 radical (unpaired) electrons. The predicted octanol–water partition coefficient (Wildman–Crippen LogP) is 3.67. The fourth-order valence-corrected chi connectivity index (χ4v) is 5.97. The number of carbonyl (C=O) groups excluding carboxylic acids is 1. The van der Waals surface area contributed by atoms with E-state index in [-0.39, 0.29) is 18.9 Å². The molecular weight excluding hydrogens is 486 g/mol. The number of thiophene rings is 1. The van der Waals surface area contributed by atoms with Crippen molar-refractivity contribution in [3.8, 4) is 5.75 Å². The molecule has 1 aromatic carbocycles. The zero-order chi connectivity index (χ0) is 25.1. The number of pyridine rings is 2. The van der Waals surface area contributed by atoms with Crippen LogP contribution in [0.25, 0.3) is 21.0 Å². The van der Waals surface area contributed by atoms with Gasteiger partial charge in [0, 0.05) is 44.3 Å². The highest BCUT2D eigenvalue weighted by Gasteiger charge is 2.25. The molecular formula is C28H35N5O3S. The van der Waals surface area contributed by atoms with Gasteiger partial charge in [0.1, 0.15) is 10.3 Å². The normalized spacial score (nSPS) is 14.5. The molecule has 37 heavy (non-hydrogen) atoms. The van der Waals surface area contributed by atoms with Crippen LogP contribution in [-0.2, 0) is 6.54 Å². The Morgan fingerprint density at radius 1 is 1.11 bits per heavy atom. The molecule has 0 unspecified atom stereocenters. The van der Waals surface area contributed by atoms with Gasteiger partial charge in [-0.15, -0.1) is 11.3 Å². The number of aromatic nitrogens is 2. The maximum Gasteiger partial charge on any atom is 0.265 e. The van der Waals surface area contributed by atoms with Crippen molar-refractivity contribution in [3.63, 3.8) is 0 Å². The zero-order valence-corrected chi connectivity index (χ0v) is 21.5. The minimum absolute atomic E-state index is 0. The van der Waals surface area contributed by atoms with E-state index >= 15 is 0 Å². The molecule has 5 rings (SSSR count). The summed E-state index contributed by atoms with van der Waals surface area (Å²) in [5, 5.41) is 4.40. The number of nitrogens with one attached hydrogen (secondary N) is 1. The summed E-state index contributed by atoms with van der Waals surface area (Å²) in [5.41, 5.74) is 1.41. The molecule has 0 saturated carbocycles. The van der Waals surface area contributed by atoms with E-state index in [1.54, 1.807) is 10.8 Å². The fourth-order valence-electron chi connectivity index (χ4n) is 4.76. The molecule has 0 atom stereocenters. The number of ether oxygens (including phenoxy) is 1. The van der Waals surface area contributed by atoms with Crippen molar-refractivity contribution in [1.29, 1.82) is 0 Å². The number of para-hydroxylation sites is 1.